The second kappa shape index (κ2) is 6.39. The molecule has 1 aliphatic carbocycles. The Morgan fingerprint density at radius 2 is 2.08 bits per heavy atom. The lowest BCUT2D eigenvalue weighted by Crippen LogP contribution is -2.15. The van der Waals surface area contributed by atoms with Crippen molar-refractivity contribution in [3.05, 3.63) is 66.4 Å². The van der Waals surface area contributed by atoms with E-state index in [0.717, 1.165) is 23.4 Å². The lowest BCUT2D eigenvalue weighted by molar-refractivity contribution is -0.117. The molecule has 3 aromatic rings. The van der Waals surface area contributed by atoms with E-state index in [1.165, 1.54) is 0 Å². The number of aryl methyl sites for hydroxylation is 1. The van der Waals surface area contributed by atoms with E-state index in [2.05, 4.69) is 15.3 Å². The molecule has 2 heterocycles. The molecule has 0 unspecified atom stereocenters. The normalized spacial score (nSPS) is 18.6. The highest BCUT2D eigenvalue weighted by atomic mass is 16.5. The van der Waals surface area contributed by atoms with E-state index in [-0.39, 0.29) is 23.8 Å². The van der Waals surface area contributed by atoms with E-state index in [1.54, 1.807) is 30.8 Å². The maximum Gasteiger partial charge on any atom is 0.321 e. The van der Waals surface area contributed by atoms with Gasteiger partial charge >= 0.3 is 6.01 Å². The van der Waals surface area contributed by atoms with Crippen LogP contribution in [0.3, 0.4) is 0 Å². The number of carbonyl (C=O) groups excluding carboxylic acids is 1. The minimum absolute atomic E-state index is 0.0181. The molecular weight excluding hydrogens is 318 g/mol. The van der Waals surface area contributed by atoms with Crippen molar-refractivity contribution in [3.63, 3.8) is 0 Å². The smallest absolute Gasteiger partial charge is 0.321 e. The van der Waals surface area contributed by atoms with Crippen LogP contribution in [0, 0.1) is 12.8 Å². The zero-order valence-electron chi connectivity index (χ0n) is 13.7. The van der Waals surface area contributed by atoms with Crippen molar-refractivity contribution in [1.29, 1.82) is 0 Å². The minimum Gasteiger partial charge on any atom is -0.469 e. The van der Waals surface area contributed by atoms with Gasteiger partial charge in [0.25, 0.3) is 0 Å². The number of anilines is 1. The zero-order valence-corrected chi connectivity index (χ0v) is 13.7. The number of aromatic nitrogens is 2. The van der Waals surface area contributed by atoms with Gasteiger partial charge < -0.3 is 14.5 Å². The minimum atomic E-state index is -0.0285. The van der Waals surface area contributed by atoms with Gasteiger partial charge in [0.15, 0.2) is 0 Å². The molecule has 1 N–H and O–H groups in total. The highest BCUT2D eigenvalue weighted by Crippen LogP contribution is 2.48. The van der Waals surface area contributed by atoms with Crippen LogP contribution in [0.4, 0.5) is 5.69 Å². The topological polar surface area (TPSA) is 77.3 Å². The maximum absolute atomic E-state index is 12.4. The Morgan fingerprint density at radius 1 is 1.24 bits per heavy atom. The molecule has 1 fully saturated rings. The maximum atomic E-state index is 12.4. The number of benzene rings is 1. The molecule has 1 amide bonds. The van der Waals surface area contributed by atoms with Crippen LogP contribution >= 0.6 is 0 Å². The number of nitrogens with zero attached hydrogens (tertiary/aromatic N) is 2. The summed E-state index contributed by atoms with van der Waals surface area (Å²) in [6.07, 6.45) is 5.70. The van der Waals surface area contributed by atoms with Crippen LogP contribution in [0.15, 0.2) is 59.5 Å². The Bertz CT molecular complexity index is 878. The fraction of sp³-hybridized carbons (Fsp3) is 0.211. The number of amides is 1. The highest BCUT2D eigenvalue weighted by Gasteiger charge is 2.45. The van der Waals surface area contributed by atoms with Gasteiger partial charge in [0.05, 0.1) is 6.26 Å². The molecule has 2 aromatic heterocycles. The van der Waals surface area contributed by atoms with E-state index in [9.17, 15) is 4.79 Å². The molecule has 6 heteroatoms. The van der Waals surface area contributed by atoms with Gasteiger partial charge in [-0.05, 0) is 55.3 Å². The summed E-state index contributed by atoms with van der Waals surface area (Å²) in [5, 5.41) is 2.99. The van der Waals surface area contributed by atoms with Crippen LogP contribution in [0.1, 0.15) is 23.7 Å². The first-order valence-electron chi connectivity index (χ1n) is 8.10. The first-order valence-corrected chi connectivity index (χ1v) is 8.10. The Morgan fingerprint density at radius 3 is 2.80 bits per heavy atom. The molecule has 0 radical (unpaired) electrons. The van der Waals surface area contributed by atoms with Gasteiger partial charge in [0, 0.05) is 29.9 Å². The summed E-state index contributed by atoms with van der Waals surface area (Å²) in [5.41, 5.74) is 1.69. The van der Waals surface area contributed by atoms with E-state index in [4.69, 9.17) is 9.15 Å². The third-order valence-corrected chi connectivity index (χ3v) is 4.24. The number of hydrogen-bond donors (Lipinski definition) is 1. The van der Waals surface area contributed by atoms with Crippen molar-refractivity contribution >= 4 is 11.6 Å². The Balaban J connectivity index is 1.40. The van der Waals surface area contributed by atoms with Crippen LogP contribution in [-0.4, -0.2) is 15.9 Å². The fourth-order valence-electron chi connectivity index (χ4n) is 2.81. The summed E-state index contributed by atoms with van der Waals surface area (Å²) in [6.45, 7) is 1.92. The molecule has 25 heavy (non-hydrogen) atoms. The number of rotatable bonds is 5. The second-order valence-electron chi connectivity index (χ2n) is 6.06. The molecule has 2 atom stereocenters. The fourth-order valence-corrected chi connectivity index (χ4v) is 2.81. The largest absolute Gasteiger partial charge is 0.469 e. The average molecular weight is 335 g/mol. The van der Waals surface area contributed by atoms with Gasteiger partial charge in [-0.3, -0.25) is 4.79 Å². The predicted octanol–water partition coefficient (Wildman–Crippen LogP) is 3.91. The lowest BCUT2D eigenvalue weighted by atomic mass is 10.1. The van der Waals surface area contributed by atoms with Crippen LogP contribution in [-0.2, 0) is 4.79 Å². The Labute approximate surface area is 144 Å². The van der Waals surface area contributed by atoms with Crippen molar-refractivity contribution < 1.29 is 13.9 Å². The Kier molecular flexibility index (Phi) is 3.93. The van der Waals surface area contributed by atoms with E-state index in [0.29, 0.717) is 5.75 Å². The molecule has 1 aromatic carbocycles. The number of carbonyl (C=O) groups is 1. The summed E-state index contributed by atoms with van der Waals surface area (Å²) in [4.78, 5) is 20.5. The molecule has 1 aliphatic rings. The molecule has 0 aliphatic heterocycles. The van der Waals surface area contributed by atoms with Gasteiger partial charge in [0.1, 0.15) is 11.5 Å². The van der Waals surface area contributed by atoms with Crippen molar-refractivity contribution in [2.75, 3.05) is 5.32 Å². The first kappa shape index (κ1) is 15.4. The molecule has 1 saturated carbocycles. The van der Waals surface area contributed by atoms with Crippen molar-refractivity contribution in [1.82, 2.24) is 9.97 Å². The Hall–Kier alpha value is -3.15. The van der Waals surface area contributed by atoms with Gasteiger partial charge in [-0.2, -0.15) is 0 Å². The molecule has 0 saturated heterocycles. The molecule has 6 nitrogen and oxygen atoms in total. The molecule has 0 spiro atoms. The van der Waals surface area contributed by atoms with E-state index in [1.807, 2.05) is 31.2 Å². The number of hydrogen-bond acceptors (Lipinski definition) is 5. The summed E-state index contributed by atoms with van der Waals surface area (Å²) in [5.74, 6) is 1.68. The summed E-state index contributed by atoms with van der Waals surface area (Å²) in [6, 6.07) is 11.3. The second-order valence-corrected chi connectivity index (χ2v) is 6.06. The molecule has 4 rings (SSSR count). The van der Waals surface area contributed by atoms with E-state index >= 15 is 0 Å². The van der Waals surface area contributed by atoms with Gasteiger partial charge in [-0.1, -0.05) is 0 Å². The van der Waals surface area contributed by atoms with Gasteiger partial charge in [-0.25, -0.2) is 9.97 Å². The number of furan rings is 1. The van der Waals surface area contributed by atoms with Crippen LogP contribution in [0.5, 0.6) is 11.8 Å². The summed E-state index contributed by atoms with van der Waals surface area (Å²) < 4.78 is 11.0. The lowest BCUT2D eigenvalue weighted by Gasteiger charge is -2.10. The third kappa shape index (κ3) is 3.38. The third-order valence-electron chi connectivity index (χ3n) is 4.24. The monoisotopic (exact) mass is 335 g/mol. The molecular formula is C19H17N3O3. The number of ether oxygens (including phenoxy) is 1. The molecule has 126 valence electrons. The van der Waals surface area contributed by atoms with Crippen molar-refractivity contribution in [2.24, 2.45) is 5.92 Å². The zero-order chi connectivity index (χ0) is 17.2. The highest BCUT2D eigenvalue weighted by molar-refractivity contribution is 5.95. The van der Waals surface area contributed by atoms with Crippen LogP contribution < -0.4 is 10.1 Å². The van der Waals surface area contributed by atoms with Crippen molar-refractivity contribution in [3.8, 4) is 11.8 Å². The van der Waals surface area contributed by atoms with Crippen LogP contribution in [0.2, 0.25) is 0 Å². The first-order chi connectivity index (χ1) is 12.2. The summed E-state index contributed by atoms with van der Waals surface area (Å²) >= 11 is 0. The van der Waals surface area contributed by atoms with Crippen LogP contribution in [0.25, 0.3) is 0 Å². The quantitative estimate of drug-likeness (QED) is 0.765. The SMILES string of the molecule is Cc1cc(Oc2ncccn2)ccc1NC(=O)[C@H]1C[C@H]1c1ccco1. The number of nitrogens with one attached hydrogen (secondary N) is 1. The summed E-state index contributed by atoms with van der Waals surface area (Å²) in [7, 11) is 0. The standard InChI is InChI=1S/C19H17N3O3/c1-12-10-13(25-19-20-7-3-8-21-19)5-6-16(12)22-18(23)15-11-14(15)17-4-2-9-24-17/h2-10,14-15H,11H2,1H3,(H,22,23)/t14-,15+/m1/s1. The molecule has 0 bridgehead atoms. The van der Waals surface area contributed by atoms with Gasteiger partial charge in [0.2, 0.25) is 5.91 Å². The van der Waals surface area contributed by atoms with Gasteiger partial charge in [-0.15, -0.1) is 0 Å². The van der Waals surface area contributed by atoms with E-state index < -0.39 is 0 Å². The van der Waals surface area contributed by atoms with Crippen molar-refractivity contribution in [2.45, 2.75) is 19.3 Å². The predicted molar refractivity (Wildman–Crippen MR) is 91.5 cm³/mol. The average Bonchev–Trinajstić information content (AvgIpc) is 3.24.